The summed E-state index contributed by atoms with van der Waals surface area (Å²) in [6.07, 6.45) is -3.05. The molecule has 2 aromatic heterocycles. The van der Waals surface area contributed by atoms with Gasteiger partial charge < -0.3 is 9.67 Å². The number of aromatic hydroxyl groups is 1. The number of alkyl halides is 3. The molecule has 5 rings (SSSR count). The summed E-state index contributed by atoms with van der Waals surface area (Å²) in [7, 11) is 0. The quantitative estimate of drug-likeness (QED) is 0.303. The molecule has 0 fully saturated rings. The smallest absolute Gasteiger partial charge is 0.416 e. The van der Waals surface area contributed by atoms with Crippen molar-refractivity contribution < 1.29 is 18.3 Å². The Hall–Kier alpha value is -4.66. The van der Waals surface area contributed by atoms with E-state index in [2.05, 4.69) is 10.1 Å². The summed E-state index contributed by atoms with van der Waals surface area (Å²) in [5.41, 5.74) is 2.39. The van der Waals surface area contributed by atoms with Gasteiger partial charge in [0, 0.05) is 28.2 Å². The number of rotatable bonds is 4. The van der Waals surface area contributed by atoms with Gasteiger partial charge in [0.1, 0.15) is 5.75 Å². The van der Waals surface area contributed by atoms with Crippen LogP contribution in [0.4, 0.5) is 13.2 Å². The topological polar surface area (TPSA) is 72.4 Å². The van der Waals surface area contributed by atoms with Gasteiger partial charge in [-0.2, -0.15) is 22.9 Å². The molecule has 0 saturated heterocycles. The Morgan fingerprint density at radius 2 is 1.68 bits per heavy atom. The first kappa shape index (κ1) is 24.1. The Kier molecular flexibility index (Phi) is 5.91. The Morgan fingerprint density at radius 3 is 2.41 bits per heavy atom. The van der Waals surface area contributed by atoms with Crippen molar-refractivity contribution >= 4 is 17.1 Å². The van der Waals surface area contributed by atoms with Crippen LogP contribution in [0.5, 0.6) is 5.75 Å². The first-order chi connectivity index (χ1) is 17.6. The van der Waals surface area contributed by atoms with Gasteiger partial charge in [-0.3, -0.25) is 4.79 Å². The van der Waals surface area contributed by atoms with Crippen LogP contribution in [0.25, 0.3) is 28.0 Å². The minimum Gasteiger partial charge on any atom is -0.508 e. The molecule has 0 atom stereocenters. The van der Waals surface area contributed by atoms with Crippen LogP contribution in [0.3, 0.4) is 0 Å². The zero-order chi connectivity index (χ0) is 26.3. The third-order valence-corrected chi connectivity index (χ3v) is 6.09. The van der Waals surface area contributed by atoms with Crippen molar-refractivity contribution in [3.8, 4) is 22.8 Å². The van der Waals surface area contributed by atoms with E-state index in [0.717, 1.165) is 33.9 Å². The average Bonchev–Trinajstić information content (AvgIpc) is 3.16. The second kappa shape index (κ2) is 9.09. The van der Waals surface area contributed by atoms with Crippen molar-refractivity contribution in [1.82, 2.24) is 14.2 Å². The van der Waals surface area contributed by atoms with Gasteiger partial charge in [-0.25, -0.2) is 4.98 Å². The molecule has 9 heteroatoms. The number of phenolic OH excluding ortho intramolecular Hbond substituents is 1. The van der Waals surface area contributed by atoms with E-state index in [-0.39, 0.29) is 17.1 Å². The molecule has 1 N–H and O–H groups in total. The van der Waals surface area contributed by atoms with E-state index in [1.807, 2.05) is 24.5 Å². The number of halogens is 3. The van der Waals surface area contributed by atoms with E-state index in [0.29, 0.717) is 16.5 Å². The number of aryl methyl sites for hydroxylation is 1. The molecule has 0 aliphatic rings. The van der Waals surface area contributed by atoms with Crippen LogP contribution in [0.1, 0.15) is 22.5 Å². The third kappa shape index (κ3) is 4.51. The maximum absolute atomic E-state index is 13.4. The first-order valence-corrected chi connectivity index (χ1v) is 11.4. The highest BCUT2D eigenvalue weighted by atomic mass is 19.4. The number of hydrogen-bond acceptors (Lipinski definition) is 4. The van der Waals surface area contributed by atoms with E-state index in [4.69, 9.17) is 0 Å². The van der Waals surface area contributed by atoms with Gasteiger partial charge in [-0.15, -0.1) is 0 Å². The predicted octanol–water partition coefficient (Wildman–Crippen LogP) is 6.08. The van der Waals surface area contributed by atoms with Gasteiger partial charge in [-0.05, 0) is 68.4 Å². The summed E-state index contributed by atoms with van der Waals surface area (Å²) < 4.78 is 43.2. The molecule has 186 valence electrons. The van der Waals surface area contributed by atoms with Crippen LogP contribution in [0.15, 0.2) is 88.8 Å². The van der Waals surface area contributed by atoms with Crippen LogP contribution < -0.4 is 5.56 Å². The number of nitrogens with zero attached hydrogens (tertiary/aromatic N) is 4. The van der Waals surface area contributed by atoms with Crippen molar-refractivity contribution in [2.45, 2.75) is 20.0 Å². The Labute approximate surface area is 209 Å². The molecular formula is C28H21F3N4O2. The Balaban J connectivity index is 1.67. The molecule has 0 amide bonds. The third-order valence-electron chi connectivity index (χ3n) is 6.09. The standard InChI is InChI=1S/C28H21F3N4O2/c1-17-14-20(18(2)34(17)22-10-12-23(36)13-11-22)16-32-35-26(19-6-5-7-21(15-19)28(29,30)31)33-25-9-4-3-8-24(25)27(35)37/h3-16,36H,1-2H3. The molecule has 6 nitrogen and oxygen atoms in total. The number of para-hydroxylation sites is 1. The van der Waals surface area contributed by atoms with Gasteiger partial charge in [-0.1, -0.05) is 24.3 Å². The fourth-order valence-corrected chi connectivity index (χ4v) is 4.29. The normalized spacial score (nSPS) is 12.0. The lowest BCUT2D eigenvalue weighted by atomic mass is 10.1. The predicted molar refractivity (Wildman–Crippen MR) is 136 cm³/mol. The summed E-state index contributed by atoms with van der Waals surface area (Å²) in [6.45, 7) is 3.80. The zero-order valence-electron chi connectivity index (χ0n) is 19.9. The fourth-order valence-electron chi connectivity index (χ4n) is 4.29. The summed E-state index contributed by atoms with van der Waals surface area (Å²) in [6, 6.07) is 19.9. The summed E-state index contributed by atoms with van der Waals surface area (Å²) >= 11 is 0. The van der Waals surface area contributed by atoms with Crippen LogP contribution >= 0.6 is 0 Å². The lowest BCUT2D eigenvalue weighted by Crippen LogP contribution is -2.20. The molecule has 0 aliphatic carbocycles. The molecule has 5 aromatic rings. The number of phenols is 1. The maximum Gasteiger partial charge on any atom is 0.416 e. The number of hydrogen-bond donors (Lipinski definition) is 1. The zero-order valence-corrected chi connectivity index (χ0v) is 19.9. The van der Waals surface area contributed by atoms with Crippen LogP contribution in [0.2, 0.25) is 0 Å². The van der Waals surface area contributed by atoms with Crippen molar-refractivity contribution in [3.05, 3.63) is 112 Å². The average molecular weight is 502 g/mol. The molecule has 37 heavy (non-hydrogen) atoms. The van der Waals surface area contributed by atoms with Gasteiger partial charge in [0.15, 0.2) is 5.82 Å². The van der Waals surface area contributed by atoms with E-state index < -0.39 is 17.3 Å². The molecule has 2 heterocycles. The lowest BCUT2D eigenvalue weighted by molar-refractivity contribution is -0.137. The molecule has 0 spiro atoms. The van der Waals surface area contributed by atoms with E-state index in [9.17, 15) is 23.1 Å². The number of aromatic nitrogens is 3. The van der Waals surface area contributed by atoms with E-state index in [1.165, 1.54) is 18.3 Å². The van der Waals surface area contributed by atoms with Gasteiger partial charge >= 0.3 is 6.18 Å². The van der Waals surface area contributed by atoms with E-state index in [1.54, 1.807) is 48.5 Å². The highest BCUT2D eigenvalue weighted by Gasteiger charge is 2.31. The molecular weight excluding hydrogens is 481 g/mol. The summed E-state index contributed by atoms with van der Waals surface area (Å²) in [5, 5.41) is 14.3. The van der Waals surface area contributed by atoms with Crippen molar-refractivity contribution in [2.75, 3.05) is 0 Å². The SMILES string of the molecule is Cc1cc(C=Nn2c(-c3cccc(C(F)(F)F)c3)nc3ccccc3c2=O)c(C)n1-c1ccc(O)cc1. The second-order valence-corrected chi connectivity index (χ2v) is 8.57. The minimum absolute atomic E-state index is 0.00149. The van der Waals surface area contributed by atoms with Crippen molar-refractivity contribution in [2.24, 2.45) is 5.10 Å². The highest BCUT2D eigenvalue weighted by molar-refractivity contribution is 5.83. The molecule has 0 radical (unpaired) electrons. The van der Waals surface area contributed by atoms with Crippen molar-refractivity contribution in [3.63, 3.8) is 0 Å². The van der Waals surface area contributed by atoms with Crippen molar-refractivity contribution in [1.29, 1.82) is 0 Å². The molecule has 3 aromatic carbocycles. The molecule has 0 unspecified atom stereocenters. The second-order valence-electron chi connectivity index (χ2n) is 8.57. The first-order valence-electron chi connectivity index (χ1n) is 11.4. The Bertz CT molecular complexity index is 1720. The van der Waals surface area contributed by atoms with Crippen LogP contribution in [-0.2, 0) is 6.18 Å². The Morgan fingerprint density at radius 1 is 0.946 bits per heavy atom. The summed E-state index contributed by atoms with van der Waals surface area (Å²) in [5.74, 6) is 0.150. The number of benzene rings is 3. The highest BCUT2D eigenvalue weighted by Crippen LogP contribution is 2.32. The van der Waals surface area contributed by atoms with Crippen LogP contribution in [0, 0.1) is 13.8 Å². The fraction of sp³-hybridized carbons (Fsp3) is 0.107. The van der Waals surface area contributed by atoms with Crippen LogP contribution in [-0.4, -0.2) is 25.5 Å². The van der Waals surface area contributed by atoms with Gasteiger partial charge in [0.25, 0.3) is 5.56 Å². The maximum atomic E-state index is 13.4. The summed E-state index contributed by atoms with van der Waals surface area (Å²) in [4.78, 5) is 17.9. The molecule has 0 bridgehead atoms. The monoisotopic (exact) mass is 502 g/mol. The van der Waals surface area contributed by atoms with Gasteiger partial charge in [0.2, 0.25) is 0 Å². The van der Waals surface area contributed by atoms with Gasteiger partial charge in [0.05, 0.1) is 22.7 Å². The largest absolute Gasteiger partial charge is 0.508 e. The lowest BCUT2D eigenvalue weighted by Gasteiger charge is -2.12. The molecule has 0 aliphatic heterocycles. The number of fused-ring (bicyclic) bond motifs is 1. The molecule has 0 saturated carbocycles. The van der Waals surface area contributed by atoms with E-state index >= 15 is 0 Å². The minimum atomic E-state index is -4.55.